The van der Waals surface area contributed by atoms with Gasteiger partial charge in [0.15, 0.2) is 5.78 Å². The SMILES string of the molecule is CCCOc1cccc(C(=O)c2cccnc2NC)c1. The highest BCUT2D eigenvalue weighted by Crippen LogP contribution is 2.20. The van der Waals surface area contributed by atoms with E-state index in [2.05, 4.69) is 10.3 Å². The average molecular weight is 270 g/mol. The summed E-state index contributed by atoms with van der Waals surface area (Å²) in [7, 11) is 1.75. The Morgan fingerprint density at radius 1 is 1.30 bits per heavy atom. The zero-order chi connectivity index (χ0) is 14.4. The summed E-state index contributed by atoms with van der Waals surface area (Å²) < 4.78 is 5.55. The van der Waals surface area contributed by atoms with Crippen LogP contribution in [-0.2, 0) is 0 Å². The number of hydrogen-bond acceptors (Lipinski definition) is 4. The smallest absolute Gasteiger partial charge is 0.196 e. The molecule has 1 heterocycles. The number of benzene rings is 1. The summed E-state index contributed by atoms with van der Waals surface area (Å²) in [6.45, 7) is 2.69. The molecular formula is C16H18N2O2. The number of carbonyl (C=O) groups excluding carboxylic acids is 1. The lowest BCUT2D eigenvalue weighted by molar-refractivity contribution is 0.103. The first-order chi connectivity index (χ1) is 9.76. The van der Waals surface area contributed by atoms with Crippen molar-refractivity contribution in [1.29, 1.82) is 0 Å². The van der Waals surface area contributed by atoms with E-state index in [1.165, 1.54) is 0 Å². The van der Waals surface area contributed by atoms with Gasteiger partial charge in [0.25, 0.3) is 0 Å². The van der Waals surface area contributed by atoms with Crippen molar-refractivity contribution < 1.29 is 9.53 Å². The van der Waals surface area contributed by atoms with Crippen molar-refractivity contribution in [3.05, 3.63) is 53.7 Å². The van der Waals surface area contributed by atoms with Crippen molar-refractivity contribution >= 4 is 11.6 Å². The van der Waals surface area contributed by atoms with Crippen molar-refractivity contribution in [2.24, 2.45) is 0 Å². The number of hydrogen-bond donors (Lipinski definition) is 1. The fourth-order valence-corrected chi connectivity index (χ4v) is 1.89. The van der Waals surface area contributed by atoms with Crippen LogP contribution in [0.4, 0.5) is 5.82 Å². The lowest BCUT2D eigenvalue weighted by Crippen LogP contribution is -2.07. The van der Waals surface area contributed by atoms with Gasteiger partial charge in [0.05, 0.1) is 12.2 Å². The van der Waals surface area contributed by atoms with E-state index in [0.29, 0.717) is 29.3 Å². The molecule has 0 fully saturated rings. The van der Waals surface area contributed by atoms with E-state index in [1.807, 2.05) is 19.1 Å². The molecule has 4 heteroatoms. The number of aromatic nitrogens is 1. The minimum absolute atomic E-state index is 0.0654. The lowest BCUT2D eigenvalue weighted by Gasteiger charge is -2.09. The summed E-state index contributed by atoms with van der Waals surface area (Å²) in [5.41, 5.74) is 1.16. The largest absolute Gasteiger partial charge is 0.494 e. The second kappa shape index (κ2) is 6.70. The normalized spacial score (nSPS) is 10.1. The van der Waals surface area contributed by atoms with E-state index in [-0.39, 0.29) is 5.78 Å². The van der Waals surface area contributed by atoms with E-state index in [0.717, 1.165) is 6.42 Å². The molecule has 1 aromatic carbocycles. The van der Waals surface area contributed by atoms with Crippen LogP contribution < -0.4 is 10.1 Å². The third kappa shape index (κ3) is 3.15. The van der Waals surface area contributed by atoms with Gasteiger partial charge in [-0.25, -0.2) is 4.98 Å². The van der Waals surface area contributed by atoms with Crippen LogP contribution in [0.5, 0.6) is 5.75 Å². The molecule has 0 saturated carbocycles. The Morgan fingerprint density at radius 3 is 2.90 bits per heavy atom. The molecule has 1 aromatic heterocycles. The van der Waals surface area contributed by atoms with Crippen molar-refractivity contribution in [2.75, 3.05) is 19.0 Å². The molecular weight excluding hydrogens is 252 g/mol. The Labute approximate surface area is 118 Å². The number of nitrogens with zero attached hydrogens (tertiary/aromatic N) is 1. The Balaban J connectivity index is 2.28. The summed E-state index contributed by atoms with van der Waals surface area (Å²) >= 11 is 0. The Hall–Kier alpha value is -2.36. The molecule has 4 nitrogen and oxygen atoms in total. The molecule has 2 rings (SSSR count). The molecule has 0 saturated heterocycles. The summed E-state index contributed by atoms with van der Waals surface area (Å²) in [5.74, 6) is 1.23. The molecule has 0 atom stereocenters. The van der Waals surface area contributed by atoms with Crippen molar-refractivity contribution in [2.45, 2.75) is 13.3 Å². The summed E-state index contributed by atoms with van der Waals surface area (Å²) in [6.07, 6.45) is 2.59. The molecule has 1 N–H and O–H groups in total. The number of ketones is 1. The highest BCUT2D eigenvalue weighted by Gasteiger charge is 2.14. The molecule has 0 unspecified atom stereocenters. The predicted molar refractivity (Wildman–Crippen MR) is 79.4 cm³/mol. The third-order valence-corrected chi connectivity index (χ3v) is 2.86. The third-order valence-electron chi connectivity index (χ3n) is 2.86. The molecule has 0 aliphatic rings. The second-order valence-corrected chi connectivity index (χ2v) is 4.35. The van der Waals surface area contributed by atoms with E-state index >= 15 is 0 Å². The van der Waals surface area contributed by atoms with Gasteiger partial charge in [-0.3, -0.25) is 4.79 Å². The highest BCUT2D eigenvalue weighted by molar-refractivity contribution is 6.11. The molecule has 0 spiro atoms. The summed E-state index contributed by atoms with van der Waals surface area (Å²) in [4.78, 5) is 16.7. The molecule has 20 heavy (non-hydrogen) atoms. The van der Waals surface area contributed by atoms with E-state index in [9.17, 15) is 4.79 Å². The Kier molecular flexibility index (Phi) is 4.71. The van der Waals surface area contributed by atoms with Crippen molar-refractivity contribution in [3.8, 4) is 5.75 Å². The first kappa shape index (κ1) is 14.1. The van der Waals surface area contributed by atoms with Gasteiger partial charge in [0.2, 0.25) is 0 Å². The van der Waals surface area contributed by atoms with Gasteiger partial charge < -0.3 is 10.1 Å². The second-order valence-electron chi connectivity index (χ2n) is 4.35. The summed E-state index contributed by atoms with van der Waals surface area (Å²) in [6, 6.07) is 10.8. The van der Waals surface area contributed by atoms with Crippen LogP contribution in [0.15, 0.2) is 42.6 Å². The van der Waals surface area contributed by atoms with Gasteiger partial charge in [-0.05, 0) is 30.7 Å². The van der Waals surface area contributed by atoms with Gasteiger partial charge >= 0.3 is 0 Å². The maximum Gasteiger partial charge on any atom is 0.196 e. The fourth-order valence-electron chi connectivity index (χ4n) is 1.89. The molecule has 0 bridgehead atoms. The van der Waals surface area contributed by atoms with Crippen LogP contribution in [0.3, 0.4) is 0 Å². The van der Waals surface area contributed by atoms with E-state index < -0.39 is 0 Å². The van der Waals surface area contributed by atoms with E-state index in [4.69, 9.17) is 4.74 Å². The van der Waals surface area contributed by atoms with Crippen LogP contribution in [0.1, 0.15) is 29.3 Å². The molecule has 104 valence electrons. The molecule has 0 radical (unpaired) electrons. The quantitative estimate of drug-likeness (QED) is 0.819. The van der Waals surface area contributed by atoms with Gasteiger partial charge in [0.1, 0.15) is 11.6 Å². The minimum atomic E-state index is -0.0654. The topological polar surface area (TPSA) is 51.2 Å². The monoisotopic (exact) mass is 270 g/mol. The zero-order valence-corrected chi connectivity index (χ0v) is 11.7. The number of rotatable bonds is 6. The number of pyridine rings is 1. The number of carbonyl (C=O) groups is 1. The van der Waals surface area contributed by atoms with Gasteiger partial charge in [0, 0.05) is 18.8 Å². The molecule has 0 aliphatic carbocycles. The van der Waals surface area contributed by atoms with Crippen LogP contribution in [0.25, 0.3) is 0 Å². The average Bonchev–Trinajstić information content (AvgIpc) is 2.52. The standard InChI is InChI=1S/C16H18N2O2/c1-3-10-20-13-7-4-6-12(11-13)15(19)14-8-5-9-18-16(14)17-2/h4-9,11H,3,10H2,1-2H3,(H,17,18). The van der Waals surface area contributed by atoms with Gasteiger partial charge in [-0.1, -0.05) is 19.1 Å². The van der Waals surface area contributed by atoms with Crippen LogP contribution >= 0.6 is 0 Å². The maximum atomic E-state index is 12.5. The first-order valence-corrected chi connectivity index (χ1v) is 6.66. The number of nitrogens with one attached hydrogen (secondary N) is 1. The van der Waals surface area contributed by atoms with Crippen LogP contribution in [0, 0.1) is 0 Å². The Morgan fingerprint density at radius 2 is 2.15 bits per heavy atom. The molecule has 0 amide bonds. The molecule has 0 aliphatic heterocycles. The van der Waals surface area contributed by atoms with Crippen LogP contribution in [0.2, 0.25) is 0 Å². The fraction of sp³-hybridized carbons (Fsp3) is 0.250. The highest BCUT2D eigenvalue weighted by atomic mass is 16.5. The van der Waals surface area contributed by atoms with Crippen molar-refractivity contribution in [3.63, 3.8) is 0 Å². The number of anilines is 1. The number of ether oxygens (including phenoxy) is 1. The summed E-state index contributed by atoms with van der Waals surface area (Å²) in [5, 5.41) is 2.93. The van der Waals surface area contributed by atoms with Crippen LogP contribution in [-0.4, -0.2) is 24.4 Å². The zero-order valence-electron chi connectivity index (χ0n) is 11.7. The van der Waals surface area contributed by atoms with Crippen molar-refractivity contribution in [1.82, 2.24) is 4.98 Å². The first-order valence-electron chi connectivity index (χ1n) is 6.66. The van der Waals surface area contributed by atoms with E-state index in [1.54, 1.807) is 37.5 Å². The Bertz CT molecular complexity index is 597. The predicted octanol–water partition coefficient (Wildman–Crippen LogP) is 3.14. The minimum Gasteiger partial charge on any atom is -0.494 e. The lowest BCUT2D eigenvalue weighted by atomic mass is 10.0. The van der Waals surface area contributed by atoms with Gasteiger partial charge in [-0.2, -0.15) is 0 Å². The molecule has 2 aromatic rings. The van der Waals surface area contributed by atoms with Gasteiger partial charge in [-0.15, -0.1) is 0 Å². The maximum absolute atomic E-state index is 12.5.